The Hall–Kier alpha value is -1.16. The summed E-state index contributed by atoms with van der Waals surface area (Å²) in [6, 6.07) is 4.83. The number of methoxy groups -OCH3 is 1. The molecule has 13 heavy (non-hydrogen) atoms. The van der Waals surface area contributed by atoms with Gasteiger partial charge in [0.05, 0.1) is 12.7 Å². The average molecular weight is 243 g/mol. The minimum Gasteiger partial charge on any atom is -0.465 e. The summed E-state index contributed by atoms with van der Waals surface area (Å²) in [5.41, 5.74) is 0.787. The zero-order valence-electron chi connectivity index (χ0n) is 6.91. The lowest BCUT2D eigenvalue weighted by Crippen LogP contribution is -2.03. The van der Waals surface area contributed by atoms with Crippen LogP contribution in [0.4, 0.5) is 0 Å². The van der Waals surface area contributed by atoms with Gasteiger partial charge in [-0.1, -0.05) is 12.1 Å². The van der Waals surface area contributed by atoms with E-state index in [9.17, 15) is 9.59 Å². The van der Waals surface area contributed by atoms with Crippen molar-refractivity contribution in [3.05, 3.63) is 33.8 Å². The molecule has 1 aromatic carbocycles. The van der Waals surface area contributed by atoms with Gasteiger partial charge in [-0.3, -0.25) is 4.79 Å². The van der Waals surface area contributed by atoms with Crippen molar-refractivity contribution < 1.29 is 14.3 Å². The second-order valence-electron chi connectivity index (χ2n) is 2.32. The summed E-state index contributed by atoms with van der Waals surface area (Å²) >= 11 is 3.15. The van der Waals surface area contributed by atoms with Crippen LogP contribution in [-0.2, 0) is 4.74 Å². The second kappa shape index (κ2) is 4.18. The Morgan fingerprint density at radius 2 is 2.23 bits per heavy atom. The highest BCUT2D eigenvalue weighted by Gasteiger charge is 2.11. The molecule has 0 atom stereocenters. The first-order valence-corrected chi connectivity index (χ1v) is 4.32. The van der Waals surface area contributed by atoms with Crippen molar-refractivity contribution in [3.63, 3.8) is 0 Å². The van der Waals surface area contributed by atoms with E-state index in [1.807, 2.05) is 0 Å². The van der Waals surface area contributed by atoms with E-state index in [2.05, 4.69) is 20.7 Å². The number of benzene rings is 1. The van der Waals surface area contributed by atoms with Crippen molar-refractivity contribution >= 4 is 28.2 Å². The zero-order valence-corrected chi connectivity index (χ0v) is 8.50. The number of hydrogen-bond acceptors (Lipinski definition) is 3. The molecular formula is C9H7BrO3. The molecular weight excluding hydrogens is 236 g/mol. The summed E-state index contributed by atoms with van der Waals surface area (Å²) in [7, 11) is 1.29. The lowest BCUT2D eigenvalue weighted by Gasteiger charge is -2.03. The van der Waals surface area contributed by atoms with Gasteiger partial charge in [0.1, 0.15) is 0 Å². The third-order valence-corrected chi connectivity index (χ3v) is 2.45. The van der Waals surface area contributed by atoms with Crippen LogP contribution in [0, 0.1) is 0 Å². The van der Waals surface area contributed by atoms with E-state index in [1.54, 1.807) is 18.2 Å². The molecule has 0 fully saturated rings. The van der Waals surface area contributed by atoms with Gasteiger partial charge in [0.2, 0.25) is 0 Å². The number of rotatable bonds is 2. The molecule has 0 aliphatic rings. The lowest BCUT2D eigenvalue weighted by molar-refractivity contribution is 0.0599. The van der Waals surface area contributed by atoms with Crippen LogP contribution < -0.4 is 0 Å². The van der Waals surface area contributed by atoms with Gasteiger partial charge in [-0.15, -0.1) is 0 Å². The van der Waals surface area contributed by atoms with E-state index < -0.39 is 5.97 Å². The van der Waals surface area contributed by atoms with E-state index in [0.717, 1.165) is 0 Å². The lowest BCUT2D eigenvalue weighted by atomic mass is 10.1. The normalized spacial score (nSPS) is 9.38. The minimum atomic E-state index is -0.462. The van der Waals surface area contributed by atoms with Crippen LogP contribution >= 0.6 is 15.9 Å². The molecule has 0 aromatic heterocycles. The Labute approximate surface area is 83.8 Å². The number of aldehydes is 1. The van der Waals surface area contributed by atoms with Crippen LogP contribution in [-0.4, -0.2) is 19.4 Å². The first-order valence-electron chi connectivity index (χ1n) is 3.52. The highest BCUT2D eigenvalue weighted by molar-refractivity contribution is 9.10. The molecule has 0 amide bonds. The molecule has 0 aliphatic heterocycles. The molecule has 0 heterocycles. The van der Waals surface area contributed by atoms with Gasteiger partial charge in [-0.05, 0) is 22.0 Å². The van der Waals surface area contributed by atoms with Crippen LogP contribution in [0.2, 0.25) is 0 Å². The van der Waals surface area contributed by atoms with Gasteiger partial charge in [0, 0.05) is 10.0 Å². The molecule has 0 saturated carbocycles. The number of carbonyl (C=O) groups is 2. The Morgan fingerprint density at radius 1 is 1.54 bits per heavy atom. The number of carbonyl (C=O) groups excluding carboxylic acids is 2. The van der Waals surface area contributed by atoms with Crippen LogP contribution in [0.1, 0.15) is 20.7 Å². The largest absolute Gasteiger partial charge is 0.465 e. The molecule has 0 N–H and O–H groups in total. The fraction of sp³-hybridized carbons (Fsp3) is 0.111. The number of halogens is 1. The minimum absolute atomic E-state index is 0.354. The monoisotopic (exact) mass is 242 g/mol. The molecule has 0 spiro atoms. The van der Waals surface area contributed by atoms with E-state index in [1.165, 1.54) is 7.11 Å². The van der Waals surface area contributed by atoms with Crippen LogP contribution in [0.3, 0.4) is 0 Å². The van der Waals surface area contributed by atoms with Crippen molar-refractivity contribution in [1.29, 1.82) is 0 Å². The predicted molar refractivity (Wildman–Crippen MR) is 50.9 cm³/mol. The third-order valence-electron chi connectivity index (χ3n) is 1.56. The van der Waals surface area contributed by atoms with Gasteiger partial charge >= 0.3 is 5.97 Å². The summed E-state index contributed by atoms with van der Waals surface area (Å²) in [4.78, 5) is 21.6. The summed E-state index contributed by atoms with van der Waals surface area (Å²) < 4.78 is 5.00. The fourth-order valence-corrected chi connectivity index (χ4v) is 1.43. The average Bonchev–Trinajstić information content (AvgIpc) is 2.17. The number of ether oxygens (including phenoxy) is 1. The number of esters is 1. The topological polar surface area (TPSA) is 43.4 Å². The highest BCUT2D eigenvalue weighted by atomic mass is 79.9. The third kappa shape index (κ3) is 1.95. The van der Waals surface area contributed by atoms with Gasteiger partial charge in [-0.25, -0.2) is 4.79 Å². The molecule has 68 valence electrons. The molecule has 0 radical (unpaired) electrons. The summed E-state index contributed by atoms with van der Waals surface area (Å²) in [6.07, 6.45) is 0.677. The Morgan fingerprint density at radius 3 is 2.77 bits per heavy atom. The first kappa shape index (κ1) is 9.92. The molecule has 1 rings (SSSR count). The van der Waals surface area contributed by atoms with Crippen molar-refractivity contribution in [3.8, 4) is 0 Å². The fourth-order valence-electron chi connectivity index (χ4n) is 0.908. The van der Waals surface area contributed by atoms with Gasteiger partial charge in [-0.2, -0.15) is 0 Å². The molecule has 4 heteroatoms. The van der Waals surface area contributed by atoms with E-state index >= 15 is 0 Å². The van der Waals surface area contributed by atoms with E-state index in [4.69, 9.17) is 0 Å². The van der Waals surface area contributed by atoms with E-state index in [-0.39, 0.29) is 0 Å². The Kier molecular flexibility index (Phi) is 3.19. The quantitative estimate of drug-likeness (QED) is 0.589. The summed E-state index contributed by atoms with van der Waals surface area (Å²) in [6.45, 7) is 0. The molecule has 0 unspecified atom stereocenters. The van der Waals surface area contributed by atoms with Crippen LogP contribution in [0.15, 0.2) is 22.7 Å². The van der Waals surface area contributed by atoms with Gasteiger partial charge in [0.15, 0.2) is 6.29 Å². The number of hydrogen-bond donors (Lipinski definition) is 0. The van der Waals surface area contributed by atoms with Crippen molar-refractivity contribution in [2.24, 2.45) is 0 Å². The SMILES string of the molecule is COC(=O)c1cccc(C=O)c1Br. The van der Waals surface area contributed by atoms with Crippen molar-refractivity contribution in [2.45, 2.75) is 0 Å². The Bertz CT molecular complexity index is 347. The molecule has 0 saturated heterocycles. The highest BCUT2D eigenvalue weighted by Crippen LogP contribution is 2.20. The zero-order chi connectivity index (χ0) is 9.84. The van der Waals surface area contributed by atoms with Gasteiger partial charge in [0.25, 0.3) is 0 Å². The first-order chi connectivity index (χ1) is 6.20. The van der Waals surface area contributed by atoms with Crippen molar-refractivity contribution in [2.75, 3.05) is 7.11 Å². The summed E-state index contributed by atoms with van der Waals surface area (Å²) in [5, 5.41) is 0. The predicted octanol–water partition coefficient (Wildman–Crippen LogP) is 2.05. The molecule has 3 nitrogen and oxygen atoms in total. The second-order valence-corrected chi connectivity index (χ2v) is 3.11. The maximum Gasteiger partial charge on any atom is 0.339 e. The van der Waals surface area contributed by atoms with E-state index in [0.29, 0.717) is 21.9 Å². The standard InChI is InChI=1S/C9H7BrO3/c1-13-9(12)7-4-2-3-6(5-11)8(7)10/h2-5H,1H3. The van der Waals surface area contributed by atoms with Crippen LogP contribution in [0.5, 0.6) is 0 Å². The maximum atomic E-state index is 11.1. The van der Waals surface area contributed by atoms with Crippen LogP contribution in [0.25, 0.3) is 0 Å². The molecule has 0 bridgehead atoms. The summed E-state index contributed by atoms with van der Waals surface area (Å²) in [5.74, 6) is -0.462. The Balaban J connectivity index is 3.23. The van der Waals surface area contributed by atoms with Crippen molar-refractivity contribution in [1.82, 2.24) is 0 Å². The molecule has 0 aliphatic carbocycles. The smallest absolute Gasteiger partial charge is 0.339 e. The molecule has 1 aromatic rings. The maximum absolute atomic E-state index is 11.1. The van der Waals surface area contributed by atoms with Gasteiger partial charge < -0.3 is 4.74 Å².